The fraction of sp³-hybridized carbons (Fsp3) is 0.312. The van der Waals surface area contributed by atoms with Crippen LogP contribution in [0.5, 0.6) is 5.75 Å². The van der Waals surface area contributed by atoms with Gasteiger partial charge in [0.25, 0.3) is 5.91 Å². The van der Waals surface area contributed by atoms with E-state index in [1.165, 1.54) is 18.4 Å². The summed E-state index contributed by atoms with van der Waals surface area (Å²) < 4.78 is 10.2. The summed E-state index contributed by atoms with van der Waals surface area (Å²) in [4.78, 5) is 36.2. The number of rotatable bonds is 4. The fourth-order valence-corrected chi connectivity index (χ4v) is 2.55. The molecular weight excluding hydrogens is 302 g/mol. The second-order valence-corrected chi connectivity index (χ2v) is 5.32. The summed E-state index contributed by atoms with van der Waals surface area (Å²) in [6.07, 6.45) is 2.36. The lowest BCUT2D eigenvalue weighted by atomic mass is 10.1. The molecular formula is C16H15NO6. The Labute approximate surface area is 131 Å². The van der Waals surface area contributed by atoms with Crippen LogP contribution in [0.15, 0.2) is 28.9 Å². The summed E-state index contributed by atoms with van der Waals surface area (Å²) in [5.74, 6) is -1.24. The molecule has 0 saturated carbocycles. The van der Waals surface area contributed by atoms with Crippen LogP contribution in [0.1, 0.15) is 18.4 Å². The summed E-state index contributed by atoms with van der Waals surface area (Å²) in [5, 5.41) is 10.1. The highest BCUT2D eigenvalue weighted by Crippen LogP contribution is 2.25. The second-order valence-electron chi connectivity index (χ2n) is 5.32. The Balaban J connectivity index is 1.58. The molecule has 2 amide bonds. The Hall–Kier alpha value is -2.83. The number of hydrogen-bond acceptors (Lipinski definition) is 6. The van der Waals surface area contributed by atoms with Crippen molar-refractivity contribution < 1.29 is 28.6 Å². The van der Waals surface area contributed by atoms with E-state index in [1.54, 1.807) is 6.07 Å². The van der Waals surface area contributed by atoms with Crippen molar-refractivity contribution in [3.8, 4) is 5.75 Å². The molecule has 7 nitrogen and oxygen atoms in total. The molecule has 0 spiro atoms. The van der Waals surface area contributed by atoms with Crippen LogP contribution >= 0.6 is 0 Å². The van der Waals surface area contributed by atoms with E-state index in [-0.39, 0.29) is 18.1 Å². The van der Waals surface area contributed by atoms with Crippen LogP contribution in [0, 0.1) is 0 Å². The van der Waals surface area contributed by atoms with E-state index in [4.69, 9.17) is 9.15 Å². The molecule has 0 atom stereocenters. The topological polar surface area (TPSA) is 97.1 Å². The molecule has 2 heterocycles. The molecule has 1 N–H and O–H groups in total. The molecule has 0 bridgehead atoms. The zero-order valence-electron chi connectivity index (χ0n) is 12.3. The van der Waals surface area contributed by atoms with E-state index in [9.17, 15) is 19.5 Å². The van der Waals surface area contributed by atoms with Gasteiger partial charge in [0.05, 0.1) is 12.7 Å². The Bertz CT molecular complexity index is 778. The number of benzene rings is 1. The first-order chi connectivity index (χ1) is 11.0. The van der Waals surface area contributed by atoms with Gasteiger partial charge in [-0.2, -0.15) is 0 Å². The third-order valence-corrected chi connectivity index (χ3v) is 3.71. The normalized spacial score (nSPS) is 14.4. The van der Waals surface area contributed by atoms with E-state index >= 15 is 0 Å². The van der Waals surface area contributed by atoms with Crippen LogP contribution in [0.3, 0.4) is 0 Å². The first-order valence-corrected chi connectivity index (χ1v) is 7.22. The molecule has 1 aliphatic rings. The van der Waals surface area contributed by atoms with Gasteiger partial charge < -0.3 is 14.3 Å². The largest absolute Gasteiger partial charge is 0.508 e. The quantitative estimate of drug-likeness (QED) is 0.856. The summed E-state index contributed by atoms with van der Waals surface area (Å²) in [7, 11) is 0. The van der Waals surface area contributed by atoms with Crippen molar-refractivity contribution in [3.63, 3.8) is 0 Å². The number of esters is 1. The molecule has 1 aromatic carbocycles. The molecule has 7 heteroatoms. The highest BCUT2D eigenvalue weighted by Gasteiger charge is 2.27. The number of likely N-dealkylation sites (tertiary alicyclic amines) is 1. The van der Waals surface area contributed by atoms with Gasteiger partial charge in [-0.05, 0) is 18.6 Å². The van der Waals surface area contributed by atoms with Gasteiger partial charge >= 0.3 is 5.97 Å². The first-order valence-electron chi connectivity index (χ1n) is 7.22. The molecule has 1 aromatic heterocycles. The number of imide groups is 1. The minimum Gasteiger partial charge on any atom is -0.508 e. The zero-order chi connectivity index (χ0) is 16.4. The van der Waals surface area contributed by atoms with Crippen molar-refractivity contribution in [1.82, 2.24) is 4.90 Å². The van der Waals surface area contributed by atoms with Gasteiger partial charge in [-0.3, -0.25) is 19.3 Å². The highest BCUT2D eigenvalue weighted by atomic mass is 16.5. The predicted molar refractivity (Wildman–Crippen MR) is 78.5 cm³/mol. The van der Waals surface area contributed by atoms with Crippen LogP contribution in [0.4, 0.5) is 0 Å². The summed E-state index contributed by atoms with van der Waals surface area (Å²) in [5.41, 5.74) is 1.07. The summed E-state index contributed by atoms with van der Waals surface area (Å²) in [6.45, 7) is -0.0633. The number of hydrogen-bond donors (Lipinski definition) is 1. The standard InChI is InChI=1S/C16H15NO6/c18-11-3-4-12-10(8-22-13(12)7-11)6-16(21)23-9-15(20)17-5-1-2-14(17)19/h3-4,7-8,18H,1-2,5-6,9H2. The molecule has 120 valence electrons. The van der Waals surface area contributed by atoms with Gasteiger partial charge in [0.1, 0.15) is 11.3 Å². The zero-order valence-corrected chi connectivity index (χ0v) is 12.3. The van der Waals surface area contributed by atoms with Crippen LogP contribution in [-0.2, 0) is 25.5 Å². The van der Waals surface area contributed by atoms with E-state index in [2.05, 4.69) is 0 Å². The number of phenols is 1. The molecule has 1 fully saturated rings. The number of fused-ring (bicyclic) bond motifs is 1. The number of carbonyl (C=O) groups excluding carboxylic acids is 3. The van der Waals surface area contributed by atoms with Gasteiger partial charge in [-0.15, -0.1) is 0 Å². The van der Waals surface area contributed by atoms with Crippen molar-refractivity contribution in [1.29, 1.82) is 0 Å². The molecule has 0 aliphatic carbocycles. The molecule has 1 aliphatic heterocycles. The number of ether oxygens (including phenoxy) is 1. The lowest BCUT2D eigenvalue weighted by Crippen LogP contribution is -2.35. The molecule has 3 rings (SSSR count). The molecule has 0 unspecified atom stereocenters. The second kappa shape index (κ2) is 6.12. The number of furan rings is 1. The fourth-order valence-electron chi connectivity index (χ4n) is 2.55. The SMILES string of the molecule is O=C(Cc1coc2cc(O)ccc12)OCC(=O)N1CCCC1=O. The number of carbonyl (C=O) groups is 3. The lowest BCUT2D eigenvalue weighted by molar-refractivity contribution is -0.154. The third kappa shape index (κ3) is 3.18. The third-order valence-electron chi connectivity index (χ3n) is 3.71. The van der Waals surface area contributed by atoms with Gasteiger partial charge in [-0.1, -0.05) is 0 Å². The predicted octanol–water partition coefficient (Wildman–Crippen LogP) is 1.37. The van der Waals surface area contributed by atoms with Crippen molar-refractivity contribution in [2.24, 2.45) is 0 Å². The van der Waals surface area contributed by atoms with E-state index in [0.29, 0.717) is 35.9 Å². The van der Waals surface area contributed by atoms with E-state index in [1.807, 2.05) is 0 Å². The molecule has 0 radical (unpaired) electrons. The smallest absolute Gasteiger partial charge is 0.310 e. The van der Waals surface area contributed by atoms with Crippen molar-refractivity contribution >= 4 is 28.8 Å². The Kier molecular flexibility index (Phi) is 4.01. The maximum atomic E-state index is 11.9. The summed E-state index contributed by atoms with van der Waals surface area (Å²) >= 11 is 0. The monoisotopic (exact) mass is 317 g/mol. The number of nitrogens with zero attached hydrogens (tertiary/aromatic N) is 1. The van der Waals surface area contributed by atoms with Crippen LogP contribution in [-0.4, -0.2) is 40.9 Å². The van der Waals surface area contributed by atoms with E-state index < -0.39 is 18.5 Å². The Morgan fingerprint density at radius 3 is 2.91 bits per heavy atom. The van der Waals surface area contributed by atoms with Crippen molar-refractivity contribution in [2.45, 2.75) is 19.3 Å². The summed E-state index contributed by atoms with van der Waals surface area (Å²) in [6, 6.07) is 4.59. The first kappa shape index (κ1) is 15.1. The molecule has 23 heavy (non-hydrogen) atoms. The number of amides is 2. The lowest BCUT2D eigenvalue weighted by Gasteiger charge is -2.13. The Morgan fingerprint density at radius 2 is 2.17 bits per heavy atom. The maximum absolute atomic E-state index is 11.9. The highest BCUT2D eigenvalue weighted by molar-refractivity contribution is 5.97. The van der Waals surface area contributed by atoms with Gasteiger partial charge in [0.15, 0.2) is 6.61 Å². The van der Waals surface area contributed by atoms with Crippen molar-refractivity contribution in [3.05, 3.63) is 30.0 Å². The molecule has 1 saturated heterocycles. The van der Waals surface area contributed by atoms with Gasteiger partial charge in [0.2, 0.25) is 5.91 Å². The van der Waals surface area contributed by atoms with Gasteiger partial charge in [0, 0.05) is 30.0 Å². The maximum Gasteiger partial charge on any atom is 0.310 e. The van der Waals surface area contributed by atoms with Crippen molar-refractivity contribution in [2.75, 3.05) is 13.2 Å². The Morgan fingerprint density at radius 1 is 1.35 bits per heavy atom. The van der Waals surface area contributed by atoms with Gasteiger partial charge in [-0.25, -0.2) is 0 Å². The number of phenolic OH excluding ortho intramolecular Hbond substituents is 1. The van der Waals surface area contributed by atoms with Crippen LogP contribution in [0.2, 0.25) is 0 Å². The molecule has 2 aromatic rings. The average molecular weight is 317 g/mol. The average Bonchev–Trinajstić information content (AvgIpc) is 3.11. The van der Waals surface area contributed by atoms with E-state index in [0.717, 1.165) is 4.90 Å². The minimum absolute atomic E-state index is 0.0565. The number of aromatic hydroxyl groups is 1. The minimum atomic E-state index is -0.583. The van der Waals surface area contributed by atoms with Crippen LogP contribution in [0.25, 0.3) is 11.0 Å². The van der Waals surface area contributed by atoms with Crippen LogP contribution < -0.4 is 0 Å².